The number of carbonyl (C=O) groups excluding carboxylic acids is 2. The second-order valence-corrected chi connectivity index (χ2v) is 6.13. The van der Waals surface area contributed by atoms with Crippen LogP contribution < -0.4 is 10.1 Å². The van der Waals surface area contributed by atoms with Gasteiger partial charge in [0.1, 0.15) is 5.75 Å². The van der Waals surface area contributed by atoms with Crippen molar-refractivity contribution >= 4 is 40.1 Å². The second kappa shape index (κ2) is 8.14. The van der Waals surface area contributed by atoms with Gasteiger partial charge in [-0.3, -0.25) is 4.79 Å². The Morgan fingerprint density at radius 2 is 1.93 bits per heavy atom. The summed E-state index contributed by atoms with van der Waals surface area (Å²) in [7, 11) is 0. The Morgan fingerprint density at radius 1 is 1.15 bits per heavy atom. The molecule has 140 valence electrons. The van der Waals surface area contributed by atoms with Crippen molar-refractivity contribution in [2.45, 2.75) is 13.8 Å². The summed E-state index contributed by atoms with van der Waals surface area (Å²) < 4.78 is 16.1. The van der Waals surface area contributed by atoms with E-state index in [0.29, 0.717) is 34.2 Å². The number of esters is 1. The van der Waals surface area contributed by atoms with E-state index in [1.165, 1.54) is 0 Å². The maximum absolute atomic E-state index is 12.3. The number of benzene rings is 2. The molecular weight excluding hydrogens is 370 g/mol. The fourth-order valence-corrected chi connectivity index (χ4v) is 2.85. The Labute approximate surface area is 161 Å². The largest absolute Gasteiger partial charge is 0.492 e. The van der Waals surface area contributed by atoms with Gasteiger partial charge in [-0.25, -0.2) is 4.79 Å². The minimum absolute atomic E-state index is 0.0283. The summed E-state index contributed by atoms with van der Waals surface area (Å²) >= 11 is 6.08. The maximum Gasteiger partial charge on any atom is 0.375 e. The fraction of sp³-hybridized carbons (Fsp3) is 0.200. The van der Waals surface area contributed by atoms with E-state index in [0.717, 1.165) is 5.39 Å². The quantitative estimate of drug-likeness (QED) is 0.626. The predicted molar refractivity (Wildman–Crippen MR) is 102 cm³/mol. The van der Waals surface area contributed by atoms with Crippen molar-refractivity contribution < 1.29 is 23.5 Å². The third-order valence-electron chi connectivity index (χ3n) is 3.90. The molecule has 1 aromatic heterocycles. The molecule has 3 aromatic rings. The molecule has 27 heavy (non-hydrogen) atoms. The highest BCUT2D eigenvalue weighted by molar-refractivity contribution is 6.35. The van der Waals surface area contributed by atoms with Crippen LogP contribution in [0.25, 0.3) is 11.0 Å². The first-order chi connectivity index (χ1) is 13.0. The third kappa shape index (κ3) is 4.06. The van der Waals surface area contributed by atoms with Crippen molar-refractivity contribution in [2.24, 2.45) is 0 Å². The Bertz CT molecular complexity index is 995. The molecule has 0 aliphatic rings. The van der Waals surface area contributed by atoms with Crippen molar-refractivity contribution in [3.63, 3.8) is 0 Å². The number of rotatable bonds is 6. The van der Waals surface area contributed by atoms with Crippen LogP contribution in [-0.2, 0) is 9.53 Å². The molecule has 2 aromatic carbocycles. The summed E-state index contributed by atoms with van der Waals surface area (Å²) in [5, 5.41) is 3.79. The molecule has 3 rings (SSSR count). The van der Waals surface area contributed by atoms with Gasteiger partial charge in [-0.2, -0.15) is 0 Å². The number of para-hydroxylation sites is 3. The Kier molecular flexibility index (Phi) is 5.66. The molecule has 0 bridgehead atoms. The zero-order chi connectivity index (χ0) is 19.4. The van der Waals surface area contributed by atoms with E-state index in [1.54, 1.807) is 49.4 Å². The highest BCUT2D eigenvalue weighted by atomic mass is 35.5. The lowest BCUT2D eigenvalue weighted by molar-refractivity contribution is -0.119. The standard InChI is InChI=1S/C20H18ClNO5/c1-3-25-16-10-5-4-9-15(16)22-17(23)11-26-20(24)18-12(2)13-7-6-8-14(21)19(13)27-18/h4-10H,3,11H2,1-2H3,(H,22,23). The van der Waals surface area contributed by atoms with Crippen LogP contribution in [0.4, 0.5) is 5.69 Å². The maximum atomic E-state index is 12.3. The van der Waals surface area contributed by atoms with Crippen molar-refractivity contribution in [3.05, 3.63) is 58.8 Å². The zero-order valence-electron chi connectivity index (χ0n) is 14.9. The third-order valence-corrected chi connectivity index (χ3v) is 4.19. The molecular formula is C20H18ClNO5. The molecule has 0 saturated carbocycles. The zero-order valence-corrected chi connectivity index (χ0v) is 15.6. The van der Waals surface area contributed by atoms with E-state index in [9.17, 15) is 9.59 Å². The van der Waals surface area contributed by atoms with Gasteiger partial charge >= 0.3 is 5.97 Å². The van der Waals surface area contributed by atoms with E-state index >= 15 is 0 Å². The van der Waals surface area contributed by atoms with Crippen LogP contribution in [0.3, 0.4) is 0 Å². The monoisotopic (exact) mass is 387 g/mol. The molecule has 0 aliphatic heterocycles. The van der Waals surface area contributed by atoms with Gasteiger partial charge in [0, 0.05) is 10.9 Å². The van der Waals surface area contributed by atoms with Crippen molar-refractivity contribution in [1.82, 2.24) is 0 Å². The van der Waals surface area contributed by atoms with E-state index in [-0.39, 0.29) is 5.76 Å². The molecule has 0 saturated heterocycles. The minimum atomic E-state index is -0.729. The first-order valence-corrected chi connectivity index (χ1v) is 8.75. The number of nitrogens with one attached hydrogen (secondary N) is 1. The Balaban J connectivity index is 1.67. The summed E-state index contributed by atoms with van der Waals surface area (Å²) in [5.41, 5.74) is 1.53. The number of anilines is 1. The number of furan rings is 1. The van der Waals surface area contributed by atoms with Gasteiger partial charge in [-0.1, -0.05) is 35.9 Å². The van der Waals surface area contributed by atoms with Gasteiger partial charge in [0.2, 0.25) is 5.76 Å². The summed E-state index contributed by atoms with van der Waals surface area (Å²) in [6.07, 6.45) is 0. The summed E-state index contributed by atoms with van der Waals surface area (Å²) in [6.45, 7) is 3.60. The van der Waals surface area contributed by atoms with Crippen LogP contribution in [0.2, 0.25) is 5.02 Å². The Morgan fingerprint density at radius 3 is 2.67 bits per heavy atom. The van der Waals surface area contributed by atoms with Crippen molar-refractivity contribution in [1.29, 1.82) is 0 Å². The molecule has 1 heterocycles. The lowest BCUT2D eigenvalue weighted by Crippen LogP contribution is -2.21. The van der Waals surface area contributed by atoms with Gasteiger partial charge in [-0.15, -0.1) is 0 Å². The van der Waals surface area contributed by atoms with Crippen LogP contribution in [0.15, 0.2) is 46.9 Å². The summed E-state index contributed by atoms with van der Waals surface area (Å²) in [5.74, 6) is -0.640. The Hall–Kier alpha value is -2.99. The molecule has 1 amide bonds. The van der Waals surface area contributed by atoms with Crippen LogP contribution in [0, 0.1) is 6.92 Å². The molecule has 0 radical (unpaired) electrons. The SMILES string of the molecule is CCOc1ccccc1NC(=O)COC(=O)c1oc2c(Cl)cccc2c1C. The fourth-order valence-electron chi connectivity index (χ4n) is 2.64. The lowest BCUT2D eigenvalue weighted by Gasteiger charge is -2.11. The lowest BCUT2D eigenvalue weighted by atomic mass is 10.1. The summed E-state index contributed by atoms with van der Waals surface area (Å²) in [4.78, 5) is 24.4. The van der Waals surface area contributed by atoms with Crippen LogP contribution >= 0.6 is 11.6 Å². The number of ether oxygens (including phenoxy) is 2. The van der Waals surface area contributed by atoms with Gasteiger partial charge in [0.15, 0.2) is 12.2 Å². The first-order valence-electron chi connectivity index (χ1n) is 8.37. The van der Waals surface area contributed by atoms with Crippen LogP contribution in [0.5, 0.6) is 5.75 Å². The van der Waals surface area contributed by atoms with Crippen LogP contribution in [-0.4, -0.2) is 25.1 Å². The number of amides is 1. The number of fused-ring (bicyclic) bond motifs is 1. The molecule has 7 heteroatoms. The second-order valence-electron chi connectivity index (χ2n) is 5.73. The normalized spacial score (nSPS) is 10.6. The first kappa shape index (κ1) is 18.8. The smallest absolute Gasteiger partial charge is 0.375 e. The highest BCUT2D eigenvalue weighted by Gasteiger charge is 2.21. The van der Waals surface area contributed by atoms with E-state index < -0.39 is 18.5 Å². The average Bonchev–Trinajstić information content (AvgIpc) is 3.00. The van der Waals surface area contributed by atoms with Gasteiger partial charge in [0.05, 0.1) is 17.3 Å². The van der Waals surface area contributed by atoms with Gasteiger partial charge in [0.25, 0.3) is 5.91 Å². The topological polar surface area (TPSA) is 77.8 Å². The van der Waals surface area contributed by atoms with Gasteiger partial charge < -0.3 is 19.2 Å². The van der Waals surface area contributed by atoms with E-state index in [2.05, 4.69) is 5.32 Å². The molecule has 6 nitrogen and oxygen atoms in total. The molecule has 0 unspecified atom stereocenters. The summed E-state index contributed by atoms with van der Waals surface area (Å²) in [6, 6.07) is 12.3. The number of aryl methyl sites for hydroxylation is 1. The number of halogens is 1. The van der Waals surface area contributed by atoms with Crippen molar-refractivity contribution in [3.8, 4) is 5.75 Å². The number of hydrogen-bond donors (Lipinski definition) is 1. The number of hydrogen-bond acceptors (Lipinski definition) is 5. The van der Waals surface area contributed by atoms with Crippen LogP contribution in [0.1, 0.15) is 23.0 Å². The number of carbonyl (C=O) groups is 2. The molecule has 0 spiro atoms. The molecule has 0 aliphatic carbocycles. The average molecular weight is 388 g/mol. The predicted octanol–water partition coefficient (Wildman–Crippen LogP) is 4.59. The molecule has 0 atom stereocenters. The van der Waals surface area contributed by atoms with E-state index in [4.69, 9.17) is 25.5 Å². The molecule has 0 fully saturated rings. The van der Waals surface area contributed by atoms with E-state index in [1.807, 2.05) is 6.92 Å². The molecule has 1 N–H and O–H groups in total. The van der Waals surface area contributed by atoms with Crippen molar-refractivity contribution in [2.75, 3.05) is 18.5 Å². The highest BCUT2D eigenvalue weighted by Crippen LogP contribution is 2.31. The van der Waals surface area contributed by atoms with Gasteiger partial charge in [-0.05, 0) is 32.0 Å². The minimum Gasteiger partial charge on any atom is -0.492 e.